The molecule has 0 unspecified atom stereocenters. The van der Waals surface area contributed by atoms with Crippen molar-refractivity contribution in [3.05, 3.63) is 33.5 Å². The number of carbonyl (C=O) groups is 1. The molecule has 0 bridgehead atoms. The van der Waals surface area contributed by atoms with Crippen LogP contribution >= 0.6 is 22.9 Å². The van der Waals surface area contributed by atoms with Crippen LogP contribution < -0.4 is 0 Å². The van der Waals surface area contributed by atoms with E-state index in [0.717, 1.165) is 31.6 Å². The van der Waals surface area contributed by atoms with Crippen LogP contribution in [-0.4, -0.2) is 32.5 Å². The summed E-state index contributed by atoms with van der Waals surface area (Å²) in [7, 11) is 0. The van der Waals surface area contributed by atoms with Gasteiger partial charge in [-0.3, -0.25) is 9.89 Å². The molecule has 2 aromatic rings. The third-order valence-electron chi connectivity index (χ3n) is 3.30. The third-order valence-corrected chi connectivity index (χ3v) is 4.52. The number of H-pyrrole nitrogens is 1. The molecule has 1 aliphatic rings. The number of piperidine rings is 1. The smallest absolute Gasteiger partial charge is 0.264 e. The van der Waals surface area contributed by atoms with Crippen LogP contribution in [0, 0.1) is 0 Å². The summed E-state index contributed by atoms with van der Waals surface area (Å²) in [5.41, 5.74) is 0. The summed E-state index contributed by atoms with van der Waals surface area (Å²) in [6.07, 6.45) is 4.52. The summed E-state index contributed by atoms with van der Waals surface area (Å²) < 4.78 is 0.636. The highest BCUT2D eigenvalue weighted by molar-refractivity contribution is 7.17. The van der Waals surface area contributed by atoms with Crippen molar-refractivity contribution in [3.8, 4) is 0 Å². The van der Waals surface area contributed by atoms with Crippen LogP contribution in [0.1, 0.15) is 40.8 Å². The molecule has 0 radical (unpaired) electrons. The Kier molecular flexibility index (Phi) is 3.52. The molecule has 1 saturated heterocycles. The number of carbonyl (C=O) groups excluding carboxylic acids is 1. The van der Waals surface area contributed by atoms with Crippen molar-refractivity contribution in [2.75, 3.05) is 6.54 Å². The van der Waals surface area contributed by atoms with Gasteiger partial charge in [0, 0.05) is 6.54 Å². The summed E-state index contributed by atoms with van der Waals surface area (Å²) in [6.45, 7) is 0.750. The van der Waals surface area contributed by atoms with Gasteiger partial charge in [-0.05, 0) is 31.4 Å². The van der Waals surface area contributed by atoms with Crippen LogP contribution in [0.2, 0.25) is 4.34 Å². The van der Waals surface area contributed by atoms with E-state index in [1.165, 1.54) is 17.7 Å². The topological polar surface area (TPSA) is 61.9 Å². The van der Waals surface area contributed by atoms with E-state index in [-0.39, 0.29) is 11.9 Å². The van der Waals surface area contributed by atoms with Gasteiger partial charge in [0.2, 0.25) is 0 Å². The number of hydrogen-bond acceptors (Lipinski definition) is 4. The molecule has 2 aromatic heterocycles. The second-order valence-corrected chi connectivity index (χ2v) is 6.20. The Morgan fingerprint density at radius 3 is 3.05 bits per heavy atom. The van der Waals surface area contributed by atoms with Gasteiger partial charge in [-0.2, -0.15) is 5.10 Å². The highest BCUT2D eigenvalue weighted by atomic mass is 35.5. The van der Waals surface area contributed by atoms with Crippen LogP contribution in [0.25, 0.3) is 0 Å². The summed E-state index contributed by atoms with van der Waals surface area (Å²) in [5.74, 6) is 0.786. The van der Waals surface area contributed by atoms with E-state index in [4.69, 9.17) is 11.6 Å². The number of nitrogens with one attached hydrogen (secondary N) is 1. The van der Waals surface area contributed by atoms with Gasteiger partial charge in [0.25, 0.3) is 5.91 Å². The standard InChI is InChI=1S/C12H13ClN4OS/c13-10-5-4-9(19-10)12(18)17-6-2-1-3-8(17)11-14-7-15-16-11/h4-5,7-8H,1-3,6H2,(H,14,15,16)/t8-/m0/s1. The van der Waals surface area contributed by atoms with Crippen LogP contribution in [-0.2, 0) is 0 Å². The zero-order chi connectivity index (χ0) is 13.2. The molecule has 3 rings (SSSR count). The SMILES string of the molecule is O=C(c1ccc(Cl)s1)N1CCCC[C@H]1c1ncn[nH]1. The fourth-order valence-electron chi connectivity index (χ4n) is 2.41. The average Bonchev–Trinajstić information content (AvgIpc) is 3.09. The zero-order valence-electron chi connectivity index (χ0n) is 10.2. The maximum absolute atomic E-state index is 12.5. The van der Waals surface area contributed by atoms with E-state index < -0.39 is 0 Å². The Morgan fingerprint density at radius 2 is 2.37 bits per heavy atom. The van der Waals surface area contributed by atoms with Crippen molar-refractivity contribution in [1.29, 1.82) is 0 Å². The third kappa shape index (κ3) is 2.50. The van der Waals surface area contributed by atoms with Crippen molar-refractivity contribution in [2.45, 2.75) is 25.3 Å². The van der Waals surface area contributed by atoms with Crippen molar-refractivity contribution in [1.82, 2.24) is 20.1 Å². The quantitative estimate of drug-likeness (QED) is 0.927. The van der Waals surface area contributed by atoms with Crippen molar-refractivity contribution in [3.63, 3.8) is 0 Å². The molecule has 1 atom stereocenters. The monoisotopic (exact) mass is 296 g/mol. The van der Waals surface area contributed by atoms with Gasteiger partial charge in [0.15, 0.2) is 0 Å². The molecule has 19 heavy (non-hydrogen) atoms. The first-order valence-electron chi connectivity index (χ1n) is 6.17. The molecule has 100 valence electrons. The second kappa shape index (κ2) is 5.30. The summed E-state index contributed by atoms with van der Waals surface area (Å²) in [6, 6.07) is 3.53. The molecule has 1 aliphatic heterocycles. The number of aromatic nitrogens is 3. The van der Waals surface area contributed by atoms with Crippen LogP contribution in [0.5, 0.6) is 0 Å². The first-order valence-corrected chi connectivity index (χ1v) is 7.37. The van der Waals surface area contributed by atoms with E-state index in [1.807, 2.05) is 4.90 Å². The van der Waals surface area contributed by atoms with Crippen LogP contribution in [0.3, 0.4) is 0 Å². The molecule has 1 amide bonds. The Morgan fingerprint density at radius 1 is 1.47 bits per heavy atom. The summed E-state index contributed by atoms with van der Waals surface area (Å²) >= 11 is 7.22. The molecule has 0 saturated carbocycles. The average molecular weight is 297 g/mol. The molecule has 0 aromatic carbocycles. The fraction of sp³-hybridized carbons (Fsp3) is 0.417. The predicted molar refractivity (Wildman–Crippen MR) is 73.3 cm³/mol. The zero-order valence-corrected chi connectivity index (χ0v) is 11.7. The molecule has 5 nitrogen and oxygen atoms in total. The number of hydrogen-bond donors (Lipinski definition) is 1. The molecule has 1 N–H and O–H groups in total. The minimum absolute atomic E-state index is 0.00961. The van der Waals surface area contributed by atoms with Gasteiger partial charge in [-0.25, -0.2) is 4.98 Å². The normalized spacial score (nSPS) is 19.6. The second-order valence-electron chi connectivity index (χ2n) is 4.48. The summed E-state index contributed by atoms with van der Waals surface area (Å²) in [4.78, 5) is 19.3. The maximum Gasteiger partial charge on any atom is 0.264 e. The number of aromatic amines is 1. The number of thiophene rings is 1. The molecular formula is C12H13ClN4OS. The van der Waals surface area contributed by atoms with E-state index in [1.54, 1.807) is 12.1 Å². The van der Waals surface area contributed by atoms with Gasteiger partial charge in [-0.1, -0.05) is 11.6 Å². The lowest BCUT2D eigenvalue weighted by Gasteiger charge is -2.34. The predicted octanol–water partition coefficient (Wildman–Crippen LogP) is 2.89. The van der Waals surface area contributed by atoms with E-state index in [9.17, 15) is 4.79 Å². The maximum atomic E-state index is 12.5. The molecule has 3 heterocycles. The van der Waals surface area contributed by atoms with E-state index >= 15 is 0 Å². The number of amides is 1. The number of nitrogens with zero attached hydrogens (tertiary/aromatic N) is 3. The first-order chi connectivity index (χ1) is 9.25. The minimum Gasteiger partial charge on any atom is -0.328 e. The number of likely N-dealkylation sites (tertiary alicyclic amines) is 1. The van der Waals surface area contributed by atoms with Gasteiger partial charge in [-0.15, -0.1) is 11.3 Å². The molecule has 0 aliphatic carbocycles. The lowest BCUT2D eigenvalue weighted by atomic mass is 10.0. The van der Waals surface area contributed by atoms with E-state index in [0.29, 0.717) is 9.21 Å². The molecule has 0 spiro atoms. The Labute approximate surface area is 119 Å². The van der Waals surface area contributed by atoms with Crippen molar-refractivity contribution in [2.24, 2.45) is 0 Å². The lowest BCUT2D eigenvalue weighted by molar-refractivity contribution is 0.0605. The Balaban J connectivity index is 1.86. The Hall–Kier alpha value is -1.40. The molecule has 7 heteroatoms. The van der Waals surface area contributed by atoms with Gasteiger partial charge >= 0.3 is 0 Å². The van der Waals surface area contributed by atoms with Crippen LogP contribution in [0.15, 0.2) is 18.5 Å². The largest absolute Gasteiger partial charge is 0.328 e. The van der Waals surface area contributed by atoms with Crippen molar-refractivity contribution >= 4 is 28.8 Å². The van der Waals surface area contributed by atoms with Gasteiger partial charge < -0.3 is 4.90 Å². The highest BCUT2D eigenvalue weighted by Gasteiger charge is 2.31. The lowest BCUT2D eigenvalue weighted by Crippen LogP contribution is -2.38. The van der Waals surface area contributed by atoms with Crippen LogP contribution in [0.4, 0.5) is 0 Å². The minimum atomic E-state index is -0.00961. The number of halogens is 1. The fourth-order valence-corrected chi connectivity index (χ4v) is 3.40. The number of rotatable bonds is 2. The molecule has 1 fully saturated rings. The van der Waals surface area contributed by atoms with Crippen molar-refractivity contribution < 1.29 is 4.79 Å². The highest BCUT2D eigenvalue weighted by Crippen LogP contribution is 2.32. The molecular weight excluding hydrogens is 284 g/mol. The summed E-state index contributed by atoms with van der Waals surface area (Å²) in [5, 5.41) is 6.75. The Bertz CT molecular complexity index is 568. The van der Waals surface area contributed by atoms with Gasteiger partial charge in [0.05, 0.1) is 15.3 Å². The first kappa shape index (κ1) is 12.6. The van der Waals surface area contributed by atoms with E-state index in [2.05, 4.69) is 15.2 Å². The van der Waals surface area contributed by atoms with Gasteiger partial charge in [0.1, 0.15) is 12.2 Å².